The van der Waals surface area contributed by atoms with Crippen LogP contribution in [0, 0.1) is 0 Å². The number of aromatic nitrogens is 1. The summed E-state index contributed by atoms with van der Waals surface area (Å²) < 4.78 is 9.17. The van der Waals surface area contributed by atoms with Crippen molar-refractivity contribution in [2.24, 2.45) is 4.99 Å². The summed E-state index contributed by atoms with van der Waals surface area (Å²) in [6.45, 7) is 0. The number of fused-ring (bicyclic) bond motifs is 10. The average molecular weight is 706 g/mol. The zero-order valence-electron chi connectivity index (χ0n) is 30.2. The fraction of sp³-hybridized carbons (Fsp3) is 0.0392. The van der Waals surface area contributed by atoms with Gasteiger partial charge in [-0.25, -0.2) is 4.99 Å². The number of amidine groups is 1. The van der Waals surface area contributed by atoms with Crippen LogP contribution in [0.1, 0.15) is 22.7 Å². The van der Waals surface area contributed by atoms with E-state index in [9.17, 15) is 0 Å². The van der Waals surface area contributed by atoms with Gasteiger partial charge in [0.15, 0.2) is 5.58 Å². The number of aliphatic imine (C=N–C) groups is 1. The summed E-state index contributed by atoms with van der Waals surface area (Å²) in [5, 5.41) is 7.11. The molecule has 10 aromatic rings. The monoisotopic (exact) mass is 705 g/mol. The maximum atomic E-state index is 6.79. The number of rotatable bonds is 5. The topological polar surface area (TPSA) is 33.7 Å². The van der Waals surface area contributed by atoms with Crippen LogP contribution in [0.15, 0.2) is 197 Å². The summed E-state index contributed by atoms with van der Waals surface area (Å²) >= 11 is 0. The summed E-state index contributed by atoms with van der Waals surface area (Å²) in [6, 6.07) is 64.8. The Kier molecular flexibility index (Phi) is 7.11. The minimum absolute atomic E-state index is 0.0564. The van der Waals surface area contributed by atoms with Crippen LogP contribution < -0.4 is 0 Å². The lowest BCUT2D eigenvalue weighted by Gasteiger charge is -2.33. The van der Waals surface area contributed by atoms with E-state index in [0.717, 1.165) is 72.4 Å². The second-order valence-electron chi connectivity index (χ2n) is 14.4. The van der Waals surface area contributed by atoms with Gasteiger partial charge in [0.25, 0.3) is 0 Å². The Morgan fingerprint density at radius 3 is 1.85 bits per heavy atom. The molecule has 0 radical (unpaired) electrons. The highest BCUT2D eigenvalue weighted by molar-refractivity contribution is 6.35. The maximum absolute atomic E-state index is 6.79. The zero-order chi connectivity index (χ0) is 36.5. The molecule has 8 aromatic carbocycles. The van der Waals surface area contributed by atoms with Crippen LogP contribution >= 0.6 is 0 Å². The van der Waals surface area contributed by atoms with Crippen LogP contribution in [0.4, 0.5) is 0 Å². The standard InChI is InChI=1S/C51H35N3O/c1-53-45(35-17-7-3-8-18-35)32-43(34-15-5-2-6-16-34)52-51(53)36-27-25-33(26-28-36)37-29-30-44-42(31-37)47-39-21-11-12-22-40(39)48-41-23-13-14-24-46(41)55-50(48)49(47)54(44)38-19-9-4-10-20-38/h2-32,45H,1H3. The molecule has 1 unspecified atom stereocenters. The van der Waals surface area contributed by atoms with E-state index in [4.69, 9.17) is 9.41 Å². The molecule has 1 aliphatic rings. The number of benzene rings is 8. The fourth-order valence-electron chi connectivity index (χ4n) is 8.65. The van der Waals surface area contributed by atoms with Crippen LogP contribution in [0.2, 0.25) is 0 Å². The third kappa shape index (κ3) is 4.95. The lowest BCUT2D eigenvalue weighted by atomic mass is 9.96. The number of nitrogens with zero attached hydrogens (tertiary/aromatic N) is 3. The Hall–Kier alpha value is -7.17. The second kappa shape index (κ2) is 12.5. The number of para-hydroxylation sites is 2. The minimum atomic E-state index is 0.0564. The Bertz CT molecular complexity index is 3140. The van der Waals surface area contributed by atoms with Crippen LogP contribution in [-0.4, -0.2) is 22.4 Å². The third-order valence-corrected chi connectivity index (χ3v) is 11.2. The van der Waals surface area contributed by atoms with E-state index >= 15 is 0 Å². The largest absolute Gasteiger partial charge is 0.454 e. The van der Waals surface area contributed by atoms with Gasteiger partial charge >= 0.3 is 0 Å². The molecule has 0 bridgehead atoms. The summed E-state index contributed by atoms with van der Waals surface area (Å²) in [5.41, 5.74) is 11.9. The summed E-state index contributed by atoms with van der Waals surface area (Å²) in [6.07, 6.45) is 2.27. The first-order valence-corrected chi connectivity index (χ1v) is 18.8. The number of furan rings is 1. The van der Waals surface area contributed by atoms with Gasteiger partial charge in [0, 0.05) is 39.8 Å². The van der Waals surface area contributed by atoms with Crippen molar-refractivity contribution in [3.8, 4) is 16.8 Å². The molecule has 2 aromatic heterocycles. The van der Waals surface area contributed by atoms with Gasteiger partial charge in [-0.2, -0.15) is 0 Å². The Morgan fingerprint density at radius 2 is 1.11 bits per heavy atom. The molecule has 0 aliphatic carbocycles. The second-order valence-corrected chi connectivity index (χ2v) is 14.4. The molecule has 1 atom stereocenters. The van der Waals surface area contributed by atoms with Crippen molar-refractivity contribution in [2.75, 3.05) is 7.05 Å². The lowest BCUT2D eigenvalue weighted by Crippen LogP contribution is -2.33. The average Bonchev–Trinajstić information content (AvgIpc) is 3.82. The Morgan fingerprint density at radius 1 is 0.509 bits per heavy atom. The van der Waals surface area contributed by atoms with Crippen molar-refractivity contribution in [3.05, 3.63) is 205 Å². The zero-order valence-corrected chi connectivity index (χ0v) is 30.2. The quantitative estimate of drug-likeness (QED) is 0.179. The van der Waals surface area contributed by atoms with Crippen molar-refractivity contribution >= 4 is 66.0 Å². The summed E-state index contributed by atoms with van der Waals surface area (Å²) in [4.78, 5) is 7.53. The number of hydrogen-bond acceptors (Lipinski definition) is 3. The van der Waals surface area contributed by atoms with Gasteiger partial charge < -0.3 is 13.9 Å². The molecule has 260 valence electrons. The van der Waals surface area contributed by atoms with Crippen LogP contribution in [0.25, 0.3) is 77.0 Å². The van der Waals surface area contributed by atoms with E-state index in [0.29, 0.717) is 0 Å². The summed E-state index contributed by atoms with van der Waals surface area (Å²) in [5.74, 6) is 0.949. The highest BCUT2D eigenvalue weighted by Gasteiger charge is 2.26. The third-order valence-electron chi connectivity index (χ3n) is 11.2. The van der Waals surface area contributed by atoms with E-state index in [1.807, 2.05) is 6.07 Å². The first-order chi connectivity index (χ1) is 27.2. The molecule has 4 heteroatoms. The predicted octanol–water partition coefficient (Wildman–Crippen LogP) is 13.0. The van der Waals surface area contributed by atoms with E-state index in [2.05, 4.69) is 199 Å². The molecule has 4 nitrogen and oxygen atoms in total. The minimum Gasteiger partial charge on any atom is -0.454 e. The molecule has 0 N–H and O–H groups in total. The van der Waals surface area contributed by atoms with Crippen LogP contribution in [-0.2, 0) is 0 Å². The van der Waals surface area contributed by atoms with Gasteiger partial charge in [0.05, 0.1) is 22.8 Å². The molecule has 0 amide bonds. The number of likely N-dealkylation sites (N-methyl/N-ethyl adjacent to an activating group) is 1. The highest BCUT2D eigenvalue weighted by atomic mass is 16.3. The molecule has 0 fully saturated rings. The van der Waals surface area contributed by atoms with Crippen molar-refractivity contribution < 1.29 is 4.42 Å². The van der Waals surface area contributed by atoms with Gasteiger partial charge in [-0.1, -0.05) is 152 Å². The maximum Gasteiger partial charge on any atom is 0.160 e. The van der Waals surface area contributed by atoms with Crippen molar-refractivity contribution in [2.45, 2.75) is 6.04 Å². The first-order valence-electron chi connectivity index (χ1n) is 18.8. The Balaban J connectivity index is 1.09. The van der Waals surface area contributed by atoms with E-state index in [-0.39, 0.29) is 6.04 Å². The highest BCUT2D eigenvalue weighted by Crippen LogP contribution is 2.46. The van der Waals surface area contributed by atoms with Crippen LogP contribution in [0.3, 0.4) is 0 Å². The van der Waals surface area contributed by atoms with Crippen LogP contribution in [0.5, 0.6) is 0 Å². The van der Waals surface area contributed by atoms with Crippen molar-refractivity contribution in [1.82, 2.24) is 9.47 Å². The van der Waals surface area contributed by atoms with Gasteiger partial charge in [-0.15, -0.1) is 0 Å². The van der Waals surface area contributed by atoms with Gasteiger partial charge in [0.1, 0.15) is 11.4 Å². The molecule has 1 aliphatic heterocycles. The van der Waals surface area contributed by atoms with Gasteiger partial charge in [0.2, 0.25) is 0 Å². The molecule has 0 saturated heterocycles. The molecular formula is C51H35N3O. The van der Waals surface area contributed by atoms with Gasteiger partial charge in [-0.3, -0.25) is 0 Å². The molecule has 0 saturated carbocycles. The summed E-state index contributed by atoms with van der Waals surface area (Å²) in [7, 11) is 2.14. The lowest BCUT2D eigenvalue weighted by molar-refractivity contribution is 0.435. The van der Waals surface area contributed by atoms with E-state index in [1.54, 1.807) is 0 Å². The SMILES string of the molecule is CN1C(c2ccc(-c3ccc4c(c3)c3c5ccccc5c5c6ccccc6oc5c3n4-c3ccccc3)cc2)=NC(c2ccccc2)=CC1c1ccccc1. The number of hydrogen-bond donors (Lipinski definition) is 0. The normalized spacial score (nSPS) is 14.6. The molecule has 11 rings (SSSR count). The van der Waals surface area contributed by atoms with Crippen molar-refractivity contribution in [1.29, 1.82) is 0 Å². The van der Waals surface area contributed by atoms with Gasteiger partial charge in [-0.05, 0) is 69.4 Å². The predicted molar refractivity (Wildman–Crippen MR) is 229 cm³/mol. The van der Waals surface area contributed by atoms with E-state index in [1.165, 1.54) is 27.1 Å². The molecule has 0 spiro atoms. The van der Waals surface area contributed by atoms with Crippen molar-refractivity contribution in [3.63, 3.8) is 0 Å². The molecule has 55 heavy (non-hydrogen) atoms. The van der Waals surface area contributed by atoms with E-state index < -0.39 is 0 Å². The smallest absolute Gasteiger partial charge is 0.160 e. The fourth-order valence-corrected chi connectivity index (χ4v) is 8.65. The molecule has 3 heterocycles. The molecular weight excluding hydrogens is 671 g/mol. The Labute approximate surface area is 318 Å². The first kappa shape index (κ1) is 31.4.